The molecule has 1 unspecified atom stereocenters. The van der Waals surface area contributed by atoms with Crippen molar-refractivity contribution in [3.63, 3.8) is 0 Å². The lowest BCUT2D eigenvalue weighted by Gasteiger charge is -2.18. The number of carbonyl (C=O) groups excluding carboxylic acids is 3. The number of hydrogen-bond donors (Lipinski definition) is 2. The number of thiazole rings is 1. The molecule has 0 fully saturated rings. The van der Waals surface area contributed by atoms with E-state index < -0.39 is 6.04 Å². The van der Waals surface area contributed by atoms with Crippen LogP contribution in [0.2, 0.25) is 0 Å². The van der Waals surface area contributed by atoms with E-state index in [1.165, 1.54) is 49.3 Å². The third-order valence-electron chi connectivity index (χ3n) is 4.22. The van der Waals surface area contributed by atoms with Crippen molar-refractivity contribution in [2.75, 3.05) is 18.2 Å². The lowest BCUT2D eigenvalue weighted by Crippen LogP contribution is -2.44. The average molecular weight is 462 g/mol. The van der Waals surface area contributed by atoms with E-state index in [2.05, 4.69) is 20.4 Å². The molecule has 2 aromatic carbocycles. The van der Waals surface area contributed by atoms with Crippen LogP contribution in [0.1, 0.15) is 12.5 Å². The Hall–Kier alpha value is -2.98. The predicted molar refractivity (Wildman–Crippen MR) is 119 cm³/mol. The number of rotatable bonds is 8. The van der Waals surface area contributed by atoms with E-state index in [0.717, 1.165) is 20.1 Å². The van der Waals surface area contributed by atoms with Crippen LogP contribution >= 0.6 is 23.1 Å². The molecule has 1 heterocycles. The van der Waals surface area contributed by atoms with Gasteiger partial charge in [0.2, 0.25) is 11.8 Å². The summed E-state index contributed by atoms with van der Waals surface area (Å²) in [5.41, 5.74) is 2.03. The van der Waals surface area contributed by atoms with Crippen LogP contribution in [0, 0.1) is 5.82 Å². The SMILES string of the molecule is COC(=O)CSc1nc2ccc(NC(=O)C(Cc3ccc(F)cc3)NC(C)=O)cc2s1. The molecule has 0 saturated heterocycles. The largest absolute Gasteiger partial charge is 0.468 e. The molecule has 1 atom stereocenters. The molecule has 0 saturated carbocycles. The van der Waals surface area contributed by atoms with E-state index in [0.29, 0.717) is 5.69 Å². The Morgan fingerprint density at radius 3 is 2.61 bits per heavy atom. The number of esters is 1. The second-order valence-electron chi connectivity index (χ2n) is 6.60. The Labute approximate surface area is 186 Å². The molecular formula is C21H20FN3O4S2. The van der Waals surface area contributed by atoms with Gasteiger partial charge in [-0.15, -0.1) is 11.3 Å². The number of methoxy groups -OCH3 is 1. The number of nitrogens with zero attached hydrogens (tertiary/aromatic N) is 1. The maximum atomic E-state index is 13.1. The van der Waals surface area contributed by atoms with Crippen molar-refractivity contribution >= 4 is 56.8 Å². The fourth-order valence-electron chi connectivity index (χ4n) is 2.76. The first-order chi connectivity index (χ1) is 14.8. The van der Waals surface area contributed by atoms with E-state index in [4.69, 9.17) is 0 Å². The summed E-state index contributed by atoms with van der Waals surface area (Å²) in [4.78, 5) is 40.1. The molecule has 0 aliphatic heterocycles. The molecule has 2 N–H and O–H groups in total. The van der Waals surface area contributed by atoms with Gasteiger partial charge in [0.15, 0.2) is 4.34 Å². The number of benzene rings is 2. The molecule has 2 amide bonds. The fraction of sp³-hybridized carbons (Fsp3) is 0.238. The quantitative estimate of drug-likeness (QED) is 0.394. The van der Waals surface area contributed by atoms with Crippen LogP contribution in [0.4, 0.5) is 10.1 Å². The Kier molecular flexibility index (Phi) is 7.59. The number of nitrogens with one attached hydrogen (secondary N) is 2. The van der Waals surface area contributed by atoms with Crippen molar-refractivity contribution in [3.8, 4) is 0 Å². The van der Waals surface area contributed by atoms with E-state index >= 15 is 0 Å². The second-order valence-corrected chi connectivity index (χ2v) is 8.85. The number of thioether (sulfide) groups is 1. The highest BCUT2D eigenvalue weighted by molar-refractivity contribution is 8.01. The van der Waals surface area contributed by atoms with Crippen LogP contribution in [0.15, 0.2) is 46.8 Å². The first kappa shape index (κ1) is 22.7. The molecule has 162 valence electrons. The highest BCUT2D eigenvalue weighted by Crippen LogP contribution is 2.31. The Morgan fingerprint density at radius 1 is 1.19 bits per heavy atom. The van der Waals surface area contributed by atoms with Gasteiger partial charge in [-0.1, -0.05) is 23.9 Å². The van der Waals surface area contributed by atoms with E-state index in [1.807, 2.05) is 0 Å². The number of carbonyl (C=O) groups is 3. The number of ether oxygens (including phenoxy) is 1. The minimum atomic E-state index is -0.814. The minimum absolute atomic E-state index is 0.168. The van der Waals surface area contributed by atoms with Gasteiger partial charge in [0.1, 0.15) is 11.9 Å². The van der Waals surface area contributed by atoms with Gasteiger partial charge < -0.3 is 15.4 Å². The Morgan fingerprint density at radius 2 is 1.94 bits per heavy atom. The van der Waals surface area contributed by atoms with Crippen LogP contribution in [0.25, 0.3) is 10.2 Å². The molecule has 7 nitrogen and oxygen atoms in total. The number of anilines is 1. The van der Waals surface area contributed by atoms with Crippen LogP contribution in [0.5, 0.6) is 0 Å². The molecular weight excluding hydrogens is 441 g/mol. The second kappa shape index (κ2) is 10.4. The molecule has 31 heavy (non-hydrogen) atoms. The number of fused-ring (bicyclic) bond motifs is 1. The number of halogens is 1. The highest BCUT2D eigenvalue weighted by atomic mass is 32.2. The van der Waals surface area contributed by atoms with Crippen LogP contribution in [-0.2, 0) is 25.5 Å². The number of amides is 2. The third kappa shape index (κ3) is 6.50. The molecule has 0 radical (unpaired) electrons. The maximum absolute atomic E-state index is 13.1. The number of hydrogen-bond acceptors (Lipinski definition) is 7. The van der Waals surface area contributed by atoms with Crippen molar-refractivity contribution < 1.29 is 23.5 Å². The van der Waals surface area contributed by atoms with E-state index in [1.54, 1.807) is 30.3 Å². The Bertz CT molecular complexity index is 1100. The summed E-state index contributed by atoms with van der Waals surface area (Å²) in [5, 5.41) is 5.45. The summed E-state index contributed by atoms with van der Waals surface area (Å²) in [6.07, 6.45) is 0.225. The summed E-state index contributed by atoms with van der Waals surface area (Å²) in [5.74, 6) is -1.26. The van der Waals surface area contributed by atoms with Crippen LogP contribution < -0.4 is 10.6 Å². The van der Waals surface area contributed by atoms with Gasteiger partial charge in [-0.25, -0.2) is 9.37 Å². The zero-order valence-corrected chi connectivity index (χ0v) is 18.4. The van der Waals surface area contributed by atoms with Gasteiger partial charge in [0.25, 0.3) is 0 Å². The van der Waals surface area contributed by atoms with Crippen LogP contribution in [-0.4, -0.2) is 41.7 Å². The van der Waals surface area contributed by atoms with E-state index in [9.17, 15) is 18.8 Å². The molecule has 10 heteroatoms. The fourth-order valence-corrected chi connectivity index (χ4v) is 4.70. The molecule has 0 bridgehead atoms. The average Bonchev–Trinajstić information content (AvgIpc) is 3.15. The monoisotopic (exact) mass is 461 g/mol. The summed E-state index contributed by atoms with van der Waals surface area (Å²) in [6.45, 7) is 1.34. The van der Waals surface area contributed by atoms with E-state index in [-0.39, 0.29) is 35.8 Å². The minimum Gasteiger partial charge on any atom is -0.468 e. The lowest BCUT2D eigenvalue weighted by atomic mass is 10.0. The molecule has 3 rings (SSSR count). The standard InChI is InChI=1S/C21H20FN3O4S2/c1-12(26)23-17(9-13-3-5-14(22)6-4-13)20(28)24-15-7-8-16-18(10-15)31-21(25-16)30-11-19(27)29-2/h3-8,10,17H,9,11H2,1-2H3,(H,23,26)(H,24,28). The lowest BCUT2D eigenvalue weighted by molar-refractivity contribution is -0.137. The van der Waals surface area contributed by atoms with Crippen molar-refractivity contribution in [1.82, 2.24) is 10.3 Å². The summed E-state index contributed by atoms with van der Waals surface area (Å²) < 4.78 is 19.3. The van der Waals surface area contributed by atoms with Gasteiger partial charge >= 0.3 is 5.97 Å². The number of aromatic nitrogens is 1. The summed E-state index contributed by atoms with van der Waals surface area (Å²) in [6, 6.07) is 10.2. The van der Waals surface area contributed by atoms with Gasteiger partial charge in [-0.2, -0.15) is 0 Å². The zero-order chi connectivity index (χ0) is 22.4. The molecule has 3 aromatic rings. The topological polar surface area (TPSA) is 97.4 Å². The van der Waals surface area contributed by atoms with Gasteiger partial charge in [-0.3, -0.25) is 14.4 Å². The van der Waals surface area contributed by atoms with Gasteiger partial charge in [0, 0.05) is 19.0 Å². The smallest absolute Gasteiger partial charge is 0.316 e. The zero-order valence-electron chi connectivity index (χ0n) is 16.8. The van der Waals surface area contributed by atoms with Crippen molar-refractivity contribution in [2.24, 2.45) is 0 Å². The first-order valence-electron chi connectivity index (χ1n) is 9.26. The molecule has 1 aromatic heterocycles. The van der Waals surface area contributed by atoms with Crippen molar-refractivity contribution in [1.29, 1.82) is 0 Å². The molecule has 0 spiro atoms. The molecule has 0 aliphatic carbocycles. The summed E-state index contributed by atoms with van der Waals surface area (Å²) in [7, 11) is 1.33. The van der Waals surface area contributed by atoms with Crippen molar-refractivity contribution in [2.45, 2.75) is 23.7 Å². The van der Waals surface area contributed by atoms with Crippen molar-refractivity contribution in [3.05, 3.63) is 53.8 Å². The first-order valence-corrected chi connectivity index (χ1v) is 11.1. The van der Waals surface area contributed by atoms with Gasteiger partial charge in [-0.05, 0) is 35.9 Å². The van der Waals surface area contributed by atoms with Crippen LogP contribution in [0.3, 0.4) is 0 Å². The summed E-state index contributed by atoms with van der Waals surface area (Å²) >= 11 is 2.69. The highest BCUT2D eigenvalue weighted by Gasteiger charge is 2.20. The Balaban J connectivity index is 1.71. The molecule has 0 aliphatic rings. The van der Waals surface area contributed by atoms with Gasteiger partial charge in [0.05, 0.1) is 23.1 Å². The maximum Gasteiger partial charge on any atom is 0.316 e. The predicted octanol–water partition coefficient (Wildman–Crippen LogP) is 3.39. The third-order valence-corrected chi connectivity index (χ3v) is 6.36. The normalized spacial score (nSPS) is 11.7.